The molecule has 4 amide bonds. The van der Waals surface area contributed by atoms with Gasteiger partial charge in [0, 0.05) is 23.2 Å². The highest BCUT2D eigenvalue weighted by molar-refractivity contribution is 7.54. The van der Waals surface area contributed by atoms with Crippen molar-refractivity contribution in [2.24, 2.45) is 0 Å². The molecule has 102 heavy (non-hydrogen) atoms. The number of phenols is 1. The van der Waals surface area contributed by atoms with Crippen LogP contribution in [-0.4, -0.2) is 111 Å². The summed E-state index contributed by atoms with van der Waals surface area (Å²) in [4.78, 5) is 91.7. The van der Waals surface area contributed by atoms with Gasteiger partial charge < -0.3 is 37.8 Å². The Morgan fingerprint density at radius 2 is 0.843 bits per heavy atom. The first kappa shape index (κ1) is 73.6. The quantitative estimate of drug-likeness (QED) is 0.0271. The minimum absolute atomic E-state index is 0. The lowest BCUT2D eigenvalue weighted by Crippen LogP contribution is -2.29. The lowest BCUT2D eigenvalue weighted by Gasteiger charge is -2.24. The number of para-hydroxylation sites is 2. The van der Waals surface area contributed by atoms with E-state index in [9.17, 15) is 51.8 Å². The van der Waals surface area contributed by atoms with Gasteiger partial charge in [-0.25, -0.2) is 27.5 Å². The highest BCUT2D eigenvalue weighted by Gasteiger charge is 2.46. The van der Waals surface area contributed by atoms with Crippen molar-refractivity contribution in [3.63, 3.8) is 0 Å². The molecule has 0 fully saturated rings. The van der Waals surface area contributed by atoms with E-state index in [0.717, 1.165) is 20.9 Å². The molecule has 0 spiro atoms. The molecule has 0 saturated carbocycles. The van der Waals surface area contributed by atoms with Crippen LogP contribution < -0.4 is 23.3 Å². The molecule has 22 nitrogen and oxygen atoms in total. The molecule has 12 rings (SSSR count). The van der Waals surface area contributed by atoms with Gasteiger partial charge in [0.15, 0.2) is 23.7 Å². The number of hydrogen-bond donors (Lipinski definition) is 1. The first-order valence-corrected chi connectivity index (χ1v) is 35.4. The number of aromatic hydroxyl groups is 1. The number of hydrogen-bond acceptors (Lipinski definition) is 20. The topological polar surface area (TPSA) is 272 Å². The minimum Gasteiger partial charge on any atom is -0.505 e. The number of ether oxygens (including phenoxy) is 5. The van der Waals surface area contributed by atoms with Crippen molar-refractivity contribution in [1.29, 1.82) is 0 Å². The Bertz CT molecular complexity index is 4760. The third kappa shape index (κ3) is 16.7. The summed E-state index contributed by atoms with van der Waals surface area (Å²) in [5, 5.41) is 11.6. The van der Waals surface area contributed by atoms with Crippen LogP contribution in [0.2, 0.25) is 0 Å². The molecule has 2 aromatic heterocycles. The number of aromatic nitrogens is 2. The average Bonchev–Trinajstić information content (AvgIpc) is 1.56. The van der Waals surface area contributed by atoms with Crippen molar-refractivity contribution in [3.8, 4) is 34.5 Å². The summed E-state index contributed by atoms with van der Waals surface area (Å²) in [6.45, 7) is 5.20. The van der Waals surface area contributed by atoms with Gasteiger partial charge in [-0.15, -0.1) is 0 Å². The van der Waals surface area contributed by atoms with Crippen LogP contribution in [-0.2, 0) is 50.3 Å². The van der Waals surface area contributed by atoms with Crippen LogP contribution in [0.4, 0.5) is 8.78 Å². The van der Waals surface area contributed by atoms with E-state index in [2.05, 4.69) is 9.97 Å². The van der Waals surface area contributed by atoms with E-state index in [1.807, 2.05) is 60.7 Å². The molecular weight excluding hydrogens is 1360 g/mol. The standard InChI is InChI=1S/C44H38FN2O9P.C31H28FN2O9P.CH4/c1-3-52-44(50)29(2)55-57(51,56-34-18-11-6-12-19-34)27-26-53-40-35-20-13-25-46-38(35)41(54-39(31-14-7-4-8-15-31)32-16-9-5-10-17-32)37-36(40)42(48)47(43(37)49)28-30-21-23-33(45)24-22-30;1-3-40-31(38)19(2)42-44(39,43-22-8-5-4-6-9-22)17-16-41-28-23-10-7-15-33-26(23)27(35)24-25(28)30(37)34(29(24)36)18-20-11-13-21(32)14-12-20;/h4-25,29,39H,3,26-28H2,1-2H3;4-15,19,35H,3,16-18H2,1-2H3;1H4/t29-,57?;19-,44?;/m11./s1. The van der Waals surface area contributed by atoms with Crippen molar-refractivity contribution in [2.45, 2.75) is 66.5 Å². The molecule has 526 valence electrons. The summed E-state index contributed by atoms with van der Waals surface area (Å²) in [5.41, 5.74) is 2.16. The Labute approximate surface area is 585 Å². The number of benzene rings is 8. The zero-order valence-corrected chi connectivity index (χ0v) is 56.6. The smallest absolute Gasteiger partial charge is 0.383 e. The molecule has 10 aromatic rings. The SMILES string of the molecule is C.CCOC(=O)[C@@H](C)OP(=O)(CCOc1c2c(c(O)c3ncccc13)C(=O)N(Cc1ccc(F)cc1)C2=O)Oc1ccccc1.CCOC(=O)[C@@H](C)OP(=O)(CCOc1c2c(c(OC(c3ccccc3)c3ccccc3)c3ncccc13)C(=O)N(Cc1ccc(F)cc1)C2=O)Oc1ccccc1. The molecule has 2 aliphatic rings. The Balaban J connectivity index is 0.000000225. The van der Waals surface area contributed by atoms with Crippen molar-refractivity contribution >= 4 is 72.6 Å². The minimum atomic E-state index is -4.14. The van der Waals surface area contributed by atoms with E-state index in [0.29, 0.717) is 16.5 Å². The lowest BCUT2D eigenvalue weighted by atomic mass is 9.99. The predicted molar refractivity (Wildman–Crippen MR) is 373 cm³/mol. The number of carbonyl (C=O) groups is 6. The lowest BCUT2D eigenvalue weighted by molar-refractivity contribution is -0.151. The normalized spacial score (nSPS) is 14.1. The Hall–Kier alpha value is -11.2. The summed E-state index contributed by atoms with van der Waals surface area (Å²) >= 11 is 0. The van der Waals surface area contributed by atoms with E-state index in [4.69, 9.17) is 41.8 Å². The summed E-state index contributed by atoms with van der Waals surface area (Å²) in [6.07, 6.45) is -0.992. The summed E-state index contributed by atoms with van der Waals surface area (Å²) in [7, 11) is -8.21. The number of nitrogens with zero attached hydrogens (tertiary/aromatic N) is 4. The van der Waals surface area contributed by atoms with Gasteiger partial charge in [0.05, 0.1) is 49.8 Å². The largest absolute Gasteiger partial charge is 0.505 e. The zero-order chi connectivity index (χ0) is 71.4. The molecule has 4 heterocycles. The maximum Gasteiger partial charge on any atom is 0.383 e. The second-order valence-electron chi connectivity index (χ2n) is 22.8. The number of rotatable bonds is 28. The van der Waals surface area contributed by atoms with Crippen LogP contribution in [0.25, 0.3) is 21.8 Å². The van der Waals surface area contributed by atoms with Gasteiger partial charge in [-0.3, -0.25) is 48.0 Å². The van der Waals surface area contributed by atoms with Crippen molar-refractivity contribution in [1.82, 2.24) is 19.8 Å². The third-order valence-electron chi connectivity index (χ3n) is 15.8. The summed E-state index contributed by atoms with van der Waals surface area (Å²) in [6, 6.07) is 52.7. The van der Waals surface area contributed by atoms with Crippen molar-refractivity contribution in [3.05, 3.63) is 263 Å². The zero-order valence-electron chi connectivity index (χ0n) is 54.8. The first-order chi connectivity index (χ1) is 48.8. The van der Waals surface area contributed by atoms with Gasteiger partial charge in [0.1, 0.15) is 76.1 Å². The van der Waals surface area contributed by atoms with E-state index < -0.39 is 86.5 Å². The first-order valence-electron chi connectivity index (χ1n) is 32.0. The number of fused-ring (bicyclic) bond motifs is 4. The monoisotopic (exact) mass is 1430 g/mol. The summed E-state index contributed by atoms with van der Waals surface area (Å²) in [5.74, 6) is -5.32. The molecule has 0 aliphatic carbocycles. The molecule has 26 heteroatoms. The highest BCUT2D eigenvalue weighted by Crippen LogP contribution is 2.53. The molecular formula is C76H70F2N4O18P2. The number of pyridine rings is 2. The maximum atomic E-state index is 14.6. The average molecular weight is 1430 g/mol. The second kappa shape index (κ2) is 32.9. The Kier molecular flexibility index (Phi) is 23.7. The van der Waals surface area contributed by atoms with E-state index in [-0.39, 0.29) is 127 Å². The second-order valence-corrected chi connectivity index (χ2v) is 26.9. The van der Waals surface area contributed by atoms with E-state index in [1.54, 1.807) is 98.8 Å². The molecule has 0 bridgehead atoms. The fourth-order valence-corrected chi connectivity index (χ4v) is 14.3. The van der Waals surface area contributed by atoms with Crippen LogP contribution >= 0.6 is 15.2 Å². The maximum absolute atomic E-state index is 14.6. The van der Waals surface area contributed by atoms with E-state index >= 15 is 0 Å². The number of carbonyl (C=O) groups excluding carboxylic acids is 6. The van der Waals surface area contributed by atoms with Gasteiger partial charge in [-0.05, 0) is 123 Å². The van der Waals surface area contributed by atoms with Gasteiger partial charge in [-0.2, -0.15) is 0 Å². The van der Waals surface area contributed by atoms with Crippen molar-refractivity contribution < 1.29 is 93.6 Å². The molecule has 0 saturated heterocycles. The van der Waals surface area contributed by atoms with Crippen molar-refractivity contribution in [2.75, 3.05) is 38.8 Å². The molecule has 1 N–H and O–H groups in total. The fourth-order valence-electron chi connectivity index (χ4n) is 11.1. The van der Waals surface area contributed by atoms with Gasteiger partial charge in [-0.1, -0.05) is 129 Å². The molecule has 8 aromatic carbocycles. The van der Waals surface area contributed by atoms with Crippen LogP contribution in [0.5, 0.6) is 34.5 Å². The predicted octanol–water partition coefficient (Wildman–Crippen LogP) is 15.1. The summed E-state index contributed by atoms with van der Waals surface area (Å²) < 4.78 is 108. The number of esters is 2. The van der Waals surface area contributed by atoms with Gasteiger partial charge in [0.25, 0.3) is 23.6 Å². The number of halogens is 2. The molecule has 2 aliphatic heterocycles. The van der Waals surface area contributed by atoms with Gasteiger partial charge >= 0.3 is 27.1 Å². The Morgan fingerprint density at radius 1 is 0.480 bits per heavy atom. The number of phenolic OH excluding ortho intramolecular Hbond substituents is 1. The third-order valence-corrected chi connectivity index (χ3v) is 19.5. The van der Waals surface area contributed by atoms with Crippen LogP contribution in [0, 0.1) is 11.6 Å². The highest BCUT2D eigenvalue weighted by atomic mass is 31.2. The molecule has 0 radical (unpaired) electrons. The van der Waals surface area contributed by atoms with Gasteiger partial charge in [0.2, 0.25) is 0 Å². The molecule has 2 unspecified atom stereocenters. The fraction of sp³-hybridized carbons (Fsp3) is 0.211. The van der Waals surface area contributed by atoms with Crippen LogP contribution in [0.15, 0.2) is 207 Å². The number of amides is 4. The van der Waals surface area contributed by atoms with Crippen LogP contribution in [0.3, 0.4) is 0 Å². The molecule has 4 atom stereocenters. The number of imide groups is 2. The Morgan fingerprint density at radius 3 is 1.25 bits per heavy atom. The van der Waals surface area contributed by atoms with Crippen LogP contribution in [0.1, 0.15) is 105 Å². The van der Waals surface area contributed by atoms with E-state index in [1.165, 1.54) is 74.8 Å².